The monoisotopic (exact) mass is 269 g/mol. The van der Waals surface area contributed by atoms with Crippen LogP contribution in [0.2, 0.25) is 0 Å². The minimum absolute atomic E-state index is 0.0444. The lowest BCUT2D eigenvalue weighted by molar-refractivity contribution is 0.0770. The first kappa shape index (κ1) is 12.8. The number of carbonyl (C=O) groups excluding carboxylic acids is 1. The highest BCUT2D eigenvalue weighted by molar-refractivity contribution is 7.91. The summed E-state index contributed by atoms with van der Waals surface area (Å²) in [6, 6.07) is 3.29. The van der Waals surface area contributed by atoms with Gasteiger partial charge >= 0.3 is 0 Å². The summed E-state index contributed by atoms with van der Waals surface area (Å²) in [5, 5.41) is 2.86. The van der Waals surface area contributed by atoms with E-state index in [1.807, 2.05) is 0 Å². The number of sulfone groups is 1. The summed E-state index contributed by atoms with van der Waals surface area (Å²) in [4.78, 5) is 17.8. The smallest absolute Gasteiger partial charge is 0.254 e. The Balaban J connectivity index is 2.12. The molecule has 98 valence electrons. The van der Waals surface area contributed by atoms with E-state index in [4.69, 9.17) is 0 Å². The molecule has 1 N–H and O–H groups in total. The van der Waals surface area contributed by atoms with Gasteiger partial charge < -0.3 is 10.2 Å². The van der Waals surface area contributed by atoms with Crippen LogP contribution in [0.1, 0.15) is 10.4 Å². The fourth-order valence-electron chi connectivity index (χ4n) is 1.80. The van der Waals surface area contributed by atoms with E-state index >= 15 is 0 Å². The van der Waals surface area contributed by atoms with Crippen molar-refractivity contribution in [2.45, 2.75) is 0 Å². The Morgan fingerprint density at radius 2 is 2.06 bits per heavy atom. The van der Waals surface area contributed by atoms with Crippen LogP contribution in [0.25, 0.3) is 0 Å². The standard InChI is InChI=1S/C11H15N3O3S/c1-12-10-8-9(2-3-13-10)11(15)14-4-6-18(16,17)7-5-14/h2-3,8H,4-7H2,1H3,(H,12,13). The fraction of sp³-hybridized carbons (Fsp3) is 0.455. The van der Waals surface area contributed by atoms with Gasteiger partial charge in [-0.05, 0) is 12.1 Å². The summed E-state index contributed by atoms with van der Waals surface area (Å²) in [6.45, 7) is 0.525. The molecule has 2 rings (SSSR count). The molecule has 1 aliphatic rings. The molecule has 0 atom stereocenters. The Kier molecular flexibility index (Phi) is 3.51. The van der Waals surface area contributed by atoms with Gasteiger partial charge in [0.1, 0.15) is 5.82 Å². The summed E-state index contributed by atoms with van der Waals surface area (Å²) in [5.41, 5.74) is 0.522. The van der Waals surface area contributed by atoms with Crippen molar-refractivity contribution in [1.82, 2.24) is 9.88 Å². The minimum Gasteiger partial charge on any atom is -0.373 e. The van der Waals surface area contributed by atoms with Crippen LogP contribution in [0, 0.1) is 0 Å². The fourth-order valence-corrected chi connectivity index (χ4v) is 3.00. The lowest BCUT2D eigenvalue weighted by Crippen LogP contribution is -2.43. The van der Waals surface area contributed by atoms with Gasteiger partial charge in [-0.3, -0.25) is 4.79 Å². The van der Waals surface area contributed by atoms with Crippen molar-refractivity contribution in [3.05, 3.63) is 23.9 Å². The van der Waals surface area contributed by atoms with E-state index in [9.17, 15) is 13.2 Å². The predicted octanol–water partition coefficient (Wildman–Crippen LogP) is -0.00610. The van der Waals surface area contributed by atoms with Gasteiger partial charge in [0, 0.05) is 31.9 Å². The summed E-state index contributed by atoms with van der Waals surface area (Å²) in [7, 11) is -1.24. The number of hydrogen-bond donors (Lipinski definition) is 1. The van der Waals surface area contributed by atoms with Crippen LogP contribution in [-0.4, -0.2) is 55.9 Å². The van der Waals surface area contributed by atoms with Crippen molar-refractivity contribution in [2.24, 2.45) is 0 Å². The number of aromatic nitrogens is 1. The second-order valence-electron chi connectivity index (χ2n) is 4.12. The molecule has 0 aromatic carbocycles. The number of nitrogens with one attached hydrogen (secondary N) is 1. The van der Waals surface area contributed by atoms with Crippen LogP contribution in [0.3, 0.4) is 0 Å². The normalized spacial score (nSPS) is 18.4. The number of anilines is 1. The van der Waals surface area contributed by atoms with Crippen LogP contribution in [0.15, 0.2) is 18.3 Å². The van der Waals surface area contributed by atoms with Crippen LogP contribution in [0.5, 0.6) is 0 Å². The summed E-state index contributed by atoms with van der Waals surface area (Å²) < 4.78 is 22.6. The maximum Gasteiger partial charge on any atom is 0.254 e. The molecule has 0 aliphatic carbocycles. The number of nitrogens with zero attached hydrogens (tertiary/aromatic N) is 2. The second-order valence-corrected chi connectivity index (χ2v) is 6.43. The quantitative estimate of drug-likeness (QED) is 0.817. The molecule has 0 unspecified atom stereocenters. The number of amides is 1. The Morgan fingerprint density at radius 3 is 2.67 bits per heavy atom. The highest BCUT2D eigenvalue weighted by Crippen LogP contribution is 2.12. The van der Waals surface area contributed by atoms with Crippen molar-refractivity contribution in [1.29, 1.82) is 0 Å². The van der Waals surface area contributed by atoms with E-state index < -0.39 is 9.84 Å². The third-order valence-electron chi connectivity index (χ3n) is 2.89. The zero-order valence-electron chi connectivity index (χ0n) is 10.1. The number of rotatable bonds is 2. The van der Waals surface area contributed by atoms with Gasteiger partial charge in [-0.25, -0.2) is 13.4 Å². The third-order valence-corrected chi connectivity index (χ3v) is 4.50. The Bertz CT molecular complexity index is 542. The average molecular weight is 269 g/mol. The highest BCUT2D eigenvalue weighted by Gasteiger charge is 2.25. The molecule has 6 nitrogen and oxygen atoms in total. The largest absolute Gasteiger partial charge is 0.373 e. The van der Waals surface area contributed by atoms with Gasteiger partial charge in [-0.15, -0.1) is 0 Å². The lowest BCUT2D eigenvalue weighted by Gasteiger charge is -2.26. The van der Waals surface area contributed by atoms with E-state index in [0.717, 1.165) is 0 Å². The molecule has 2 heterocycles. The number of hydrogen-bond acceptors (Lipinski definition) is 5. The first-order chi connectivity index (χ1) is 8.52. The van der Waals surface area contributed by atoms with Crippen LogP contribution < -0.4 is 5.32 Å². The maximum absolute atomic E-state index is 12.2. The minimum atomic E-state index is -2.96. The average Bonchev–Trinajstić information content (AvgIpc) is 2.38. The van der Waals surface area contributed by atoms with E-state index in [1.165, 1.54) is 0 Å². The van der Waals surface area contributed by atoms with Gasteiger partial charge in [0.25, 0.3) is 5.91 Å². The van der Waals surface area contributed by atoms with Crippen molar-refractivity contribution in [2.75, 3.05) is 37.0 Å². The molecule has 1 aliphatic heterocycles. The predicted molar refractivity (Wildman–Crippen MR) is 68.3 cm³/mol. The first-order valence-electron chi connectivity index (χ1n) is 5.65. The molecular weight excluding hydrogens is 254 g/mol. The first-order valence-corrected chi connectivity index (χ1v) is 7.47. The zero-order valence-corrected chi connectivity index (χ0v) is 10.9. The van der Waals surface area contributed by atoms with E-state index in [2.05, 4.69) is 10.3 Å². The molecular formula is C11H15N3O3S. The molecule has 1 fully saturated rings. The molecule has 1 amide bonds. The summed E-state index contributed by atoms with van der Waals surface area (Å²) in [5.74, 6) is 0.556. The van der Waals surface area contributed by atoms with Crippen molar-refractivity contribution >= 4 is 21.6 Å². The zero-order chi connectivity index (χ0) is 13.2. The topological polar surface area (TPSA) is 79.4 Å². The third kappa shape index (κ3) is 2.79. The van der Waals surface area contributed by atoms with Gasteiger partial charge in [-0.2, -0.15) is 0 Å². The van der Waals surface area contributed by atoms with Crippen molar-refractivity contribution < 1.29 is 13.2 Å². The molecule has 1 aromatic rings. The molecule has 0 saturated carbocycles. The molecule has 1 saturated heterocycles. The Labute approximate surface area is 106 Å². The van der Waals surface area contributed by atoms with Gasteiger partial charge in [0.2, 0.25) is 0 Å². The van der Waals surface area contributed by atoms with Crippen molar-refractivity contribution in [3.63, 3.8) is 0 Å². The molecule has 0 spiro atoms. The SMILES string of the molecule is CNc1cc(C(=O)N2CCS(=O)(=O)CC2)ccn1. The second kappa shape index (κ2) is 4.93. The van der Waals surface area contributed by atoms with E-state index in [0.29, 0.717) is 11.4 Å². The summed E-state index contributed by atoms with van der Waals surface area (Å²) in [6.07, 6.45) is 1.56. The molecule has 1 aromatic heterocycles. The van der Waals surface area contributed by atoms with Gasteiger partial charge in [-0.1, -0.05) is 0 Å². The van der Waals surface area contributed by atoms with Gasteiger partial charge in [0.05, 0.1) is 11.5 Å². The van der Waals surface area contributed by atoms with Crippen LogP contribution in [0.4, 0.5) is 5.82 Å². The Hall–Kier alpha value is -1.63. The number of carbonyl (C=O) groups is 1. The van der Waals surface area contributed by atoms with Crippen molar-refractivity contribution in [3.8, 4) is 0 Å². The van der Waals surface area contributed by atoms with E-state index in [-0.39, 0.29) is 30.5 Å². The summed E-state index contributed by atoms with van der Waals surface area (Å²) >= 11 is 0. The highest BCUT2D eigenvalue weighted by atomic mass is 32.2. The molecule has 0 bridgehead atoms. The van der Waals surface area contributed by atoms with Crippen LogP contribution >= 0.6 is 0 Å². The molecule has 0 radical (unpaired) electrons. The van der Waals surface area contributed by atoms with Crippen LogP contribution in [-0.2, 0) is 9.84 Å². The lowest BCUT2D eigenvalue weighted by atomic mass is 10.2. The Morgan fingerprint density at radius 1 is 1.39 bits per heavy atom. The maximum atomic E-state index is 12.2. The number of pyridine rings is 1. The van der Waals surface area contributed by atoms with E-state index in [1.54, 1.807) is 30.3 Å². The molecule has 7 heteroatoms. The molecule has 18 heavy (non-hydrogen) atoms. The van der Waals surface area contributed by atoms with Gasteiger partial charge in [0.15, 0.2) is 9.84 Å².